The summed E-state index contributed by atoms with van der Waals surface area (Å²) < 4.78 is 28.7. The Kier molecular flexibility index (Phi) is 6.57. The first-order chi connectivity index (χ1) is 17.4. The van der Waals surface area contributed by atoms with Crippen LogP contribution in [0.25, 0.3) is 38.8 Å². The minimum Gasteiger partial charge on any atom is -0.314 e. The van der Waals surface area contributed by atoms with E-state index in [2.05, 4.69) is 38.8 Å². The number of sulfone groups is 1. The van der Waals surface area contributed by atoms with Crippen LogP contribution in [0.5, 0.6) is 0 Å². The number of nitrogens with zero attached hydrogens (tertiary/aromatic N) is 3. The second-order valence-corrected chi connectivity index (χ2v) is 10.6. The van der Waals surface area contributed by atoms with E-state index in [1.165, 1.54) is 6.20 Å². The van der Waals surface area contributed by atoms with Crippen molar-refractivity contribution in [2.45, 2.75) is 23.8 Å². The summed E-state index contributed by atoms with van der Waals surface area (Å²) in [6.07, 6.45) is 3.29. The molecule has 5 nitrogen and oxygen atoms in total. The number of hydrogen-bond donors (Lipinski definition) is 0. The second-order valence-electron chi connectivity index (χ2n) is 8.74. The zero-order valence-electron chi connectivity index (χ0n) is 20.0. The maximum Gasteiger partial charge on any atom is 2.00 e. The molecule has 0 N–H and O–H groups in total. The molecule has 0 aliphatic carbocycles. The third-order valence-corrected chi connectivity index (χ3v) is 8.03. The molecule has 0 aliphatic heterocycles. The van der Waals surface area contributed by atoms with Crippen LogP contribution in [0.1, 0.15) is 11.1 Å². The van der Waals surface area contributed by atoms with E-state index < -0.39 is 9.84 Å². The Hall–Kier alpha value is -3.60. The van der Waals surface area contributed by atoms with Gasteiger partial charge in [0.15, 0.2) is 5.03 Å². The SMILES string of the molecule is Cc1ccnc(-n2c3[c-]c(-c4[c-]c(S(=O)(=O)c5ncccc5C)ccc4)ccc3c3ccccc32)c1.[Pt+2]. The minimum absolute atomic E-state index is 0. The van der Waals surface area contributed by atoms with Crippen molar-refractivity contribution in [2.24, 2.45) is 0 Å². The zero-order chi connectivity index (χ0) is 24.9. The van der Waals surface area contributed by atoms with Gasteiger partial charge >= 0.3 is 21.1 Å². The molecule has 6 rings (SSSR count). The van der Waals surface area contributed by atoms with E-state index in [1.807, 2.05) is 49.4 Å². The molecule has 3 aromatic heterocycles. The first-order valence-electron chi connectivity index (χ1n) is 11.5. The third-order valence-electron chi connectivity index (χ3n) is 6.28. The third kappa shape index (κ3) is 4.30. The van der Waals surface area contributed by atoms with E-state index in [0.29, 0.717) is 11.1 Å². The predicted octanol–water partition coefficient (Wildman–Crippen LogP) is 6.29. The van der Waals surface area contributed by atoms with Gasteiger partial charge in [-0.1, -0.05) is 29.7 Å². The van der Waals surface area contributed by atoms with Gasteiger partial charge in [0.1, 0.15) is 5.82 Å². The number of para-hydroxylation sites is 1. The average molecular weight is 683 g/mol. The summed E-state index contributed by atoms with van der Waals surface area (Å²) in [6.45, 7) is 3.78. The van der Waals surface area contributed by atoms with Crippen LogP contribution < -0.4 is 0 Å². The topological polar surface area (TPSA) is 64.8 Å². The Balaban J connectivity index is 0.00000280. The molecule has 3 heterocycles. The second kappa shape index (κ2) is 9.69. The first-order valence-corrected chi connectivity index (χ1v) is 13.0. The van der Waals surface area contributed by atoms with Crippen molar-refractivity contribution in [3.05, 3.63) is 115 Å². The summed E-state index contributed by atoms with van der Waals surface area (Å²) >= 11 is 0. The molecule has 3 aromatic carbocycles. The number of pyridine rings is 2. The Morgan fingerprint density at radius 3 is 2.38 bits per heavy atom. The fourth-order valence-electron chi connectivity index (χ4n) is 4.55. The number of fused-ring (bicyclic) bond motifs is 3. The predicted molar refractivity (Wildman–Crippen MR) is 141 cm³/mol. The van der Waals surface area contributed by atoms with Gasteiger partial charge in [0, 0.05) is 17.9 Å². The fraction of sp³-hybridized carbons (Fsp3) is 0.0667. The van der Waals surface area contributed by atoms with E-state index >= 15 is 0 Å². The van der Waals surface area contributed by atoms with E-state index in [4.69, 9.17) is 0 Å². The van der Waals surface area contributed by atoms with Crippen molar-refractivity contribution in [3.63, 3.8) is 0 Å². The van der Waals surface area contributed by atoms with E-state index in [-0.39, 0.29) is 31.0 Å². The van der Waals surface area contributed by atoms with Crippen LogP contribution in [-0.2, 0) is 30.9 Å². The number of aromatic nitrogens is 3. The van der Waals surface area contributed by atoms with E-state index in [1.54, 1.807) is 37.4 Å². The summed E-state index contributed by atoms with van der Waals surface area (Å²) in [5.41, 5.74) is 4.99. The molecule has 0 spiro atoms. The van der Waals surface area contributed by atoms with Gasteiger partial charge in [-0.2, -0.15) is 30.3 Å². The molecule has 6 aromatic rings. The van der Waals surface area contributed by atoms with Gasteiger partial charge < -0.3 is 4.57 Å². The molecule has 0 saturated carbocycles. The molecule has 37 heavy (non-hydrogen) atoms. The van der Waals surface area contributed by atoms with Crippen LogP contribution in [0.15, 0.2) is 101 Å². The smallest absolute Gasteiger partial charge is 0.314 e. The van der Waals surface area contributed by atoms with Crippen molar-refractivity contribution >= 4 is 31.6 Å². The number of hydrogen-bond acceptors (Lipinski definition) is 4. The molecule has 0 aliphatic rings. The summed E-state index contributed by atoms with van der Waals surface area (Å²) in [4.78, 5) is 8.82. The maximum atomic E-state index is 13.3. The van der Waals surface area contributed by atoms with Crippen LogP contribution in [0.3, 0.4) is 0 Å². The number of rotatable bonds is 4. The van der Waals surface area contributed by atoms with Crippen molar-refractivity contribution in [1.82, 2.24) is 14.5 Å². The zero-order valence-corrected chi connectivity index (χ0v) is 23.1. The molecular weight excluding hydrogens is 661 g/mol. The van der Waals surface area contributed by atoms with Crippen LogP contribution in [0.4, 0.5) is 0 Å². The average Bonchev–Trinajstić information content (AvgIpc) is 3.22. The monoisotopic (exact) mass is 682 g/mol. The molecule has 7 heteroatoms. The van der Waals surface area contributed by atoms with Gasteiger partial charge in [-0.15, -0.1) is 12.1 Å². The van der Waals surface area contributed by atoms with Gasteiger partial charge in [-0.3, -0.25) is 0 Å². The maximum absolute atomic E-state index is 13.3. The van der Waals surface area contributed by atoms with Crippen LogP contribution in [0, 0.1) is 26.0 Å². The summed E-state index contributed by atoms with van der Waals surface area (Å²) in [6, 6.07) is 31.4. The molecular formula is C30H21N3O2PtS. The number of aryl methyl sites for hydroxylation is 2. The van der Waals surface area contributed by atoms with Gasteiger partial charge in [0.05, 0.1) is 0 Å². The van der Waals surface area contributed by atoms with E-state index in [9.17, 15) is 8.42 Å². The summed E-state index contributed by atoms with van der Waals surface area (Å²) in [7, 11) is -3.81. The van der Waals surface area contributed by atoms with Gasteiger partial charge in [-0.25, -0.2) is 29.5 Å². The molecule has 0 saturated heterocycles. The molecule has 0 unspecified atom stereocenters. The van der Waals surface area contributed by atoms with Crippen molar-refractivity contribution < 1.29 is 29.5 Å². The normalized spacial score (nSPS) is 11.5. The fourth-order valence-corrected chi connectivity index (χ4v) is 5.95. The largest absolute Gasteiger partial charge is 2.00 e. The quantitative estimate of drug-likeness (QED) is 0.205. The molecule has 184 valence electrons. The number of benzene rings is 3. The van der Waals surface area contributed by atoms with Crippen LogP contribution >= 0.6 is 0 Å². The molecule has 0 bridgehead atoms. The van der Waals surface area contributed by atoms with Crippen molar-refractivity contribution in [2.75, 3.05) is 0 Å². The standard InChI is InChI=1S/C30H21N3O2S.Pt/c1-20-14-16-31-29(17-20)33-27-11-4-3-10-25(27)26-13-12-23(19-28(26)33)22-8-5-9-24(18-22)36(34,35)30-21(2)7-6-15-32-30;/h3-17H,1-2H3;/q-2;+2. The Labute approximate surface area is 230 Å². The molecule has 0 amide bonds. The Morgan fingerprint density at radius 2 is 1.57 bits per heavy atom. The van der Waals surface area contributed by atoms with Crippen LogP contribution in [-0.4, -0.2) is 23.0 Å². The summed E-state index contributed by atoms with van der Waals surface area (Å²) in [5, 5.41) is 2.19. The van der Waals surface area contributed by atoms with Crippen molar-refractivity contribution in [3.8, 4) is 16.9 Å². The van der Waals surface area contributed by atoms with E-state index in [0.717, 1.165) is 38.8 Å². The van der Waals surface area contributed by atoms with Crippen molar-refractivity contribution in [1.29, 1.82) is 0 Å². The molecule has 0 fully saturated rings. The first kappa shape index (κ1) is 25.1. The summed E-state index contributed by atoms with van der Waals surface area (Å²) in [5.74, 6) is 0.806. The molecule has 0 radical (unpaired) electrons. The molecule has 0 atom stereocenters. The van der Waals surface area contributed by atoms with Gasteiger partial charge in [0.25, 0.3) is 0 Å². The van der Waals surface area contributed by atoms with Crippen LogP contribution in [0.2, 0.25) is 0 Å². The van der Waals surface area contributed by atoms with Gasteiger partial charge in [-0.05, 0) is 65.0 Å². The Bertz CT molecular complexity index is 1890. The Morgan fingerprint density at radius 1 is 0.757 bits per heavy atom. The minimum atomic E-state index is -3.81. The van der Waals surface area contributed by atoms with Gasteiger partial charge in [0.2, 0.25) is 9.84 Å².